The fourth-order valence-electron chi connectivity index (χ4n) is 1.91. The van der Waals surface area contributed by atoms with Gasteiger partial charge in [-0.2, -0.15) is 0 Å². The number of hydrogen-bond donors (Lipinski definition) is 1. The van der Waals surface area contributed by atoms with Crippen molar-refractivity contribution in [1.82, 2.24) is 9.78 Å². The van der Waals surface area contributed by atoms with E-state index in [9.17, 15) is 9.90 Å². The highest BCUT2D eigenvalue weighted by Gasteiger charge is 2.18. The number of hydrogen-bond acceptors (Lipinski definition) is 3. The van der Waals surface area contributed by atoms with Gasteiger partial charge in [-0.15, -0.1) is 5.10 Å². The molecule has 0 aliphatic heterocycles. The van der Waals surface area contributed by atoms with Crippen LogP contribution in [-0.4, -0.2) is 20.7 Å². The molecule has 18 heavy (non-hydrogen) atoms. The Hall–Kier alpha value is -1.81. The number of rotatable bonds is 2. The Balaban J connectivity index is 2.61. The van der Waals surface area contributed by atoms with Crippen LogP contribution in [0.1, 0.15) is 28.5 Å². The molecule has 0 fully saturated rings. The van der Waals surface area contributed by atoms with Gasteiger partial charge in [0.15, 0.2) is 5.78 Å². The van der Waals surface area contributed by atoms with Crippen LogP contribution in [-0.2, 0) is 0 Å². The number of benzene rings is 1. The fourth-order valence-corrected chi connectivity index (χ4v) is 2.03. The second kappa shape index (κ2) is 4.46. The predicted octanol–water partition coefficient (Wildman–Crippen LogP) is 3.05. The summed E-state index contributed by atoms with van der Waals surface area (Å²) in [6, 6.07) is 5.40. The van der Waals surface area contributed by atoms with Crippen molar-refractivity contribution in [2.24, 2.45) is 0 Å². The molecule has 1 heterocycles. The van der Waals surface area contributed by atoms with Gasteiger partial charge in [0.05, 0.1) is 11.4 Å². The van der Waals surface area contributed by atoms with Gasteiger partial charge in [-0.1, -0.05) is 11.6 Å². The molecule has 0 radical (unpaired) electrons. The highest BCUT2D eigenvalue weighted by Crippen LogP contribution is 2.25. The fraction of sp³-hybridized carbons (Fsp3) is 0.231. The van der Waals surface area contributed by atoms with Crippen molar-refractivity contribution in [3.05, 3.63) is 40.0 Å². The Morgan fingerprint density at radius 1 is 1.39 bits per heavy atom. The largest absolute Gasteiger partial charge is 0.492 e. The van der Waals surface area contributed by atoms with E-state index in [1.165, 1.54) is 11.6 Å². The Morgan fingerprint density at radius 2 is 2.06 bits per heavy atom. The minimum absolute atomic E-state index is 0.207. The van der Waals surface area contributed by atoms with Crippen LogP contribution < -0.4 is 0 Å². The first kappa shape index (κ1) is 12.6. The molecule has 0 unspecified atom stereocenters. The van der Waals surface area contributed by atoms with Crippen molar-refractivity contribution in [3.63, 3.8) is 0 Å². The average Bonchev–Trinajstić information content (AvgIpc) is 2.58. The summed E-state index contributed by atoms with van der Waals surface area (Å²) in [7, 11) is 0. The third kappa shape index (κ3) is 1.99. The third-order valence-electron chi connectivity index (χ3n) is 2.84. The lowest BCUT2D eigenvalue weighted by molar-refractivity contribution is 0.101. The monoisotopic (exact) mass is 264 g/mol. The minimum atomic E-state index is -0.243. The van der Waals surface area contributed by atoms with Crippen LogP contribution >= 0.6 is 11.6 Å². The van der Waals surface area contributed by atoms with Gasteiger partial charge >= 0.3 is 0 Å². The standard InChI is InChI=1S/C13H13ClN2O2/c1-7-6-10(4-5-11(7)14)16-8(2)12(9(3)17)13(18)15-16/h4-6H,1-3H3,(H,15,18). The van der Waals surface area contributed by atoms with Crippen molar-refractivity contribution in [1.29, 1.82) is 0 Å². The molecule has 0 spiro atoms. The Labute approximate surface area is 110 Å². The van der Waals surface area contributed by atoms with Gasteiger partial charge in [-0.3, -0.25) is 4.79 Å². The van der Waals surface area contributed by atoms with Crippen LogP contribution in [0, 0.1) is 13.8 Å². The van der Waals surface area contributed by atoms with Crippen molar-refractivity contribution in [2.45, 2.75) is 20.8 Å². The number of aromatic hydroxyl groups is 1. The van der Waals surface area contributed by atoms with Crippen LogP contribution in [0.5, 0.6) is 5.88 Å². The molecule has 0 aliphatic carbocycles. The summed E-state index contributed by atoms with van der Waals surface area (Å²) in [6.45, 7) is 5.03. The zero-order valence-electron chi connectivity index (χ0n) is 10.4. The van der Waals surface area contributed by atoms with E-state index in [4.69, 9.17) is 11.6 Å². The van der Waals surface area contributed by atoms with E-state index in [1.54, 1.807) is 19.1 Å². The molecule has 1 aromatic carbocycles. The van der Waals surface area contributed by atoms with Gasteiger partial charge in [-0.25, -0.2) is 4.68 Å². The predicted molar refractivity (Wildman–Crippen MR) is 69.7 cm³/mol. The number of Topliss-reactive ketones (excluding diaryl/α,β-unsaturated/α-hetero) is 1. The number of carbonyl (C=O) groups excluding carboxylic acids is 1. The third-order valence-corrected chi connectivity index (χ3v) is 3.26. The molecule has 2 rings (SSSR count). The van der Waals surface area contributed by atoms with Crippen molar-refractivity contribution < 1.29 is 9.90 Å². The SMILES string of the molecule is CC(=O)c1c(O)nn(-c2ccc(Cl)c(C)c2)c1C. The van der Waals surface area contributed by atoms with E-state index in [-0.39, 0.29) is 17.2 Å². The van der Waals surface area contributed by atoms with Crippen molar-refractivity contribution in [2.75, 3.05) is 0 Å². The summed E-state index contributed by atoms with van der Waals surface area (Å²) in [5.41, 5.74) is 2.54. The number of ketones is 1. The quantitative estimate of drug-likeness (QED) is 0.848. The molecule has 2 aromatic rings. The first-order valence-corrected chi connectivity index (χ1v) is 5.85. The second-order valence-corrected chi connectivity index (χ2v) is 4.59. The van der Waals surface area contributed by atoms with Crippen LogP contribution in [0.4, 0.5) is 0 Å². The zero-order valence-corrected chi connectivity index (χ0v) is 11.1. The minimum Gasteiger partial charge on any atom is -0.492 e. The summed E-state index contributed by atoms with van der Waals surface area (Å²) >= 11 is 5.96. The summed E-state index contributed by atoms with van der Waals surface area (Å²) in [5, 5.41) is 14.3. The molecule has 0 atom stereocenters. The van der Waals surface area contributed by atoms with E-state index in [0.717, 1.165) is 11.3 Å². The average molecular weight is 265 g/mol. The smallest absolute Gasteiger partial charge is 0.242 e. The van der Waals surface area contributed by atoms with E-state index in [1.807, 2.05) is 13.0 Å². The molecule has 0 aliphatic rings. The van der Waals surface area contributed by atoms with E-state index < -0.39 is 0 Å². The van der Waals surface area contributed by atoms with Gasteiger partial charge in [0.2, 0.25) is 5.88 Å². The van der Waals surface area contributed by atoms with Gasteiger partial charge in [0.25, 0.3) is 0 Å². The van der Waals surface area contributed by atoms with Crippen molar-refractivity contribution in [3.8, 4) is 11.6 Å². The van der Waals surface area contributed by atoms with Gasteiger partial charge < -0.3 is 5.11 Å². The zero-order chi connectivity index (χ0) is 13.4. The van der Waals surface area contributed by atoms with Crippen LogP contribution in [0.3, 0.4) is 0 Å². The highest BCUT2D eigenvalue weighted by molar-refractivity contribution is 6.31. The summed E-state index contributed by atoms with van der Waals surface area (Å²) < 4.78 is 1.54. The molecular weight excluding hydrogens is 252 g/mol. The number of carbonyl (C=O) groups is 1. The Bertz CT molecular complexity index is 632. The number of aryl methyl sites for hydroxylation is 1. The van der Waals surface area contributed by atoms with Crippen molar-refractivity contribution >= 4 is 17.4 Å². The molecule has 0 saturated carbocycles. The highest BCUT2D eigenvalue weighted by atomic mass is 35.5. The molecular formula is C13H13ClN2O2. The molecule has 0 saturated heterocycles. The maximum atomic E-state index is 11.4. The first-order chi connectivity index (χ1) is 8.41. The van der Waals surface area contributed by atoms with E-state index >= 15 is 0 Å². The maximum Gasteiger partial charge on any atom is 0.242 e. The van der Waals surface area contributed by atoms with Crippen LogP contribution in [0.25, 0.3) is 5.69 Å². The van der Waals surface area contributed by atoms with Gasteiger partial charge in [0, 0.05) is 5.02 Å². The van der Waals surface area contributed by atoms with Crippen LogP contribution in [0.2, 0.25) is 5.02 Å². The van der Waals surface area contributed by atoms with Gasteiger partial charge in [-0.05, 0) is 44.5 Å². The molecule has 4 nitrogen and oxygen atoms in total. The molecule has 1 N–H and O–H groups in total. The Morgan fingerprint density at radius 3 is 2.56 bits per heavy atom. The Kier molecular flexibility index (Phi) is 3.13. The molecule has 94 valence electrons. The summed E-state index contributed by atoms with van der Waals surface area (Å²) in [5.74, 6) is -0.450. The van der Waals surface area contributed by atoms with E-state index in [2.05, 4.69) is 5.10 Å². The normalized spacial score (nSPS) is 10.7. The lowest BCUT2D eigenvalue weighted by Crippen LogP contribution is -2.01. The molecule has 1 aromatic heterocycles. The lowest BCUT2D eigenvalue weighted by Gasteiger charge is -2.06. The van der Waals surface area contributed by atoms with E-state index in [0.29, 0.717) is 10.7 Å². The number of aromatic nitrogens is 2. The van der Waals surface area contributed by atoms with Gasteiger partial charge in [0.1, 0.15) is 5.56 Å². The summed E-state index contributed by atoms with van der Waals surface area (Å²) in [4.78, 5) is 11.4. The first-order valence-electron chi connectivity index (χ1n) is 5.48. The molecule has 0 amide bonds. The molecule has 0 bridgehead atoms. The van der Waals surface area contributed by atoms with Crippen LogP contribution in [0.15, 0.2) is 18.2 Å². The second-order valence-electron chi connectivity index (χ2n) is 4.19. The number of halogens is 1. The topological polar surface area (TPSA) is 55.1 Å². The maximum absolute atomic E-state index is 11.4. The number of nitrogens with zero attached hydrogens (tertiary/aromatic N) is 2. The lowest BCUT2D eigenvalue weighted by atomic mass is 10.1. The molecule has 5 heteroatoms. The summed E-state index contributed by atoms with van der Waals surface area (Å²) in [6.07, 6.45) is 0.